The highest BCUT2D eigenvalue weighted by Crippen LogP contribution is 2.27. The normalized spacial score (nSPS) is 15.6. The van der Waals surface area contributed by atoms with Gasteiger partial charge >= 0.3 is 18.0 Å². The first kappa shape index (κ1) is 24.0. The Morgan fingerprint density at radius 3 is 2.39 bits per heavy atom. The molecule has 1 aliphatic rings. The summed E-state index contributed by atoms with van der Waals surface area (Å²) in [5.74, 6) is -2.38. The molecular formula is C25H27NO7. The molecule has 0 bridgehead atoms. The minimum Gasteiger partial charge on any atom is -0.481 e. The van der Waals surface area contributed by atoms with Crippen LogP contribution in [-0.2, 0) is 43.3 Å². The number of amides is 1. The van der Waals surface area contributed by atoms with Gasteiger partial charge in [0.15, 0.2) is 12.4 Å². The van der Waals surface area contributed by atoms with Crippen molar-refractivity contribution in [1.82, 2.24) is 5.32 Å². The minimum absolute atomic E-state index is 0.0276. The van der Waals surface area contributed by atoms with Gasteiger partial charge in [0.1, 0.15) is 12.6 Å². The van der Waals surface area contributed by atoms with Crippen molar-refractivity contribution >= 4 is 23.8 Å². The number of carboxylic acid groups (broad SMARTS) is 1. The third-order valence-corrected chi connectivity index (χ3v) is 5.55. The summed E-state index contributed by atoms with van der Waals surface area (Å²) in [5.41, 5.74) is 3.25. The lowest BCUT2D eigenvalue weighted by molar-refractivity contribution is -0.149. The predicted molar refractivity (Wildman–Crippen MR) is 118 cm³/mol. The number of ether oxygens (including phenoxy) is 2. The third kappa shape index (κ3) is 7.75. The van der Waals surface area contributed by atoms with Gasteiger partial charge in [0.05, 0.1) is 6.42 Å². The van der Waals surface area contributed by atoms with Gasteiger partial charge in [-0.1, -0.05) is 54.6 Å². The topological polar surface area (TPSA) is 119 Å². The maximum absolute atomic E-state index is 12.4. The summed E-state index contributed by atoms with van der Waals surface area (Å²) in [6.07, 6.45) is 1.13. The molecule has 3 rings (SSSR count). The third-order valence-electron chi connectivity index (χ3n) is 5.55. The number of ketones is 1. The Hall–Kier alpha value is -3.68. The Bertz CT molecular complexity index is 989. The summed E-state index contributed by atoms with van der Waals surface area (Å²) < 4.78 is 10.1. The van der Waals surface area contributed by atoms with E-state index in [1.165, 1.54) is 11.1 Å². The summed E-state index contributed by atoms with van der Waals surface area (Å²) in [4.78, 5) is 47.8. The number of carbonyl (C=O) groups excluding carboxylic acids is 3. The molecule has 1 amide bonds. The molecule has 0 saturated heterocycles. The zero-order valence-corrected chi connectivity index (χ0v) is 18.2. The number of benzene rings is 2. The molecule has 33 heavy (non-hydrogen) atoms. The molecule has 0 spiro atoms. The molecule has 0 heterocycles. The molecule has 174 valence electrons. The fourth-order valence-corrected chi connectivity index (χ4v) is 3.82. The Kier molecular flexibility index (Phi) is 8.57. The van der Waals surface area contributed by atoms with Crippen molar-refractivity contribution in [2.24, 2.45) is 5.92 Å². The van der Waals surface area contributed by atoms with E-state index in [1.807, 2.05) is 18.2 Å². The fourth-order valence-electron chi connectivity index (χ4n) is 3.82. The number of hydrogen-bond acceptors (Lipinski definition) is 6. The SMILES string of the molecule is O=C(O)CC(NC(=O)OCc1ccccc1)C(=O)COC(=O)CC1CCc2ccccc2C1. The van der Waals surface area contributed by atoms with E-state index in [2.05, 4.69) is 17.4 Å². The lowest BCUT2D eigenvalue weighted by Crippen LogP contribution is -2.44. The molecule has 0 aromatic heterocycles. The number of aryl methyl sites for hydroxylation is 1. The molecule has 2 aromatic rings. The van der Waals surface area contributed by atoms with E-state index in [1.54, 1.807) is 24.3 Å². The van der Waals surface area contributed by atoms with Gasteiger partial charge in [-0.3, -0.25) is 14.4 Å². The van der Waals surface area contributed by atoms with Gasteiger partial charge < -0.3 is 19.9 Å². The van der Waals surface area contributed by atoms with E-state index >= 15 is 0 Å². The molecular weight excluding hydrogens is 426 g/mol. The van der Waals surface area contributed by atoms with Crippen LogP contribution < -0.4 is 5.32 Å². The van der Waals surface area contributed by atoms with Crippen LogP contribution in [0.2, 0.25) is 0 Å². The van der Waals surface area contributed by atoms with Crippen molar-refractivity contribution in [3.05, 3.63) is 71.3 Å². The Morgan fingerprint density at radius 2 is 1.67 bits per heavy atom. The highest BCUT2D eigenvalue weighted by molar-refractivity contribution is 5.92. The Morgan fingerprint density at radius 1 is 0.970 bits per heavy atom. The van der Waals surface area contributed by atoms with Gasteiger partial charge in [-0.2, -0.15) is 0 Å². The number of carbonyl (C=O) groups is 4. The van der Waals surface area contributed by atoms with E-state index in [0.29, 0.717) is 0 Å². The molecule has 8 nitrogen and oxygen atoms in total. The highest BCUT2D eigenvalue weighted by Gasteiger charge is 2.26. The smallest absolute Gasteiger partial charge is 0.408 e. The van der Waals surface area contributed by atoms with Gasteiger partial charge in [-0.05, 0) is 41.9 Å². The molecule has 0 aliphatic heterocycles. The molecule has 0 saturated carbocycles. The van der Waals surface area contributed by atoms with Crippen molar-refractivity contribution in [2.45, 2.75) is 44.8 Å². The molecule has 2 N–H and O–H groups in total. The van der Waals surface area contributed by atoms with Crippen LogP contribution in [0.3, 0.4) is 0 Å². The molecule has 0 radical (unpaired) electrons. The summed E-state index contributed by atoms with van der Waals surface area (Å²) >= 11 is 0. The fraction of sp³-hybridized carbons (Fsp3) is 0.360. The van der Waals surface area contributed by atoms with Crippen LogP contribution in [0.1, 0.15) is 36.0 Å². The standard InChI is InChI=1S/C25H27NO7/c27-22(16-32-24(30)13-18-10-11-19-8-4-5-9-20(19)12-18)21(14-23(28)29)26-25(31)33-15-17-6-2-1-3-7-17/h1-9,18,21H,10-16H2,(H,26,31)(H,28,29). The van der Waals surface area contributed by atoms with Gasteiger partial charge in [0.2, 0.25) is 0 Å². The van der Waals surface area contributed by atoms with Crippen molar-refractivity contribution in [3.8, 4) is 0 Å². The van der Waals surface area contributed by atoms with Gasteiger partial charge in [-0.25, -0.2) is 4.79 Å². The van der Waals surface area contributed by atoms with E-state index in [-0.39, 0.29) is 18.9 Å². The summed E-state index contributed by atoms with van der Waals surface area (Å²) in [5, 5.41) is 11.3. The summed E-state index contributed by atoms with van der Waals surface area (Å²) in [7, 11) is 0. The van der Waals surface area contributed by atoms with Gasteiger partial charge in [0, 0.05) is 6.42 Å². The molecule has 2 unspecified atom stereocenters. The number of fused-ring (bicyclic) bond motifs is 1. The number of aliphatic carboxylic acids is 1. The number of alkyl carbamates (subject to hydrolysis) is 1. The van der Waals surface area contributed by atoms with E-state index in [4.69, 9.17) is 14.6 Å². The van der Waals surface area contributed by atoms with E-state index in [9.17, 15) is 19.2 Å². The first-order chi connectivity index (χ1) is 15.9. The largest absolute Gasteiger partial charge is 0.481 e. The Labute approximate surface area is 191 Å². The van der Waals surface area contributed by atoms with Crippen molar-refractivity contribution in [1.29, 1.82) is 0 Å². The molecule has 8 heteroatoms. The first-order valence-corrected chi connectivity index (χ1v) is 10.8. The number of rotatable bonds is 10. The monoisotopic (exact) mass is 453 g/mol. The lowest BCUT2D eigenvalue weighted by Gasteiger charge is -2.23. The quantitative estimate of drug-likeness (QED) is 0.531. The number of nitrogens with one attached hydrogen (secondary N) is 1. The molecule has 2 atom stereocenters. The average Bonchev–Trinajstić information content (AvgIpc) is 2.81. The van der Waals surface area contributed by atoms with Crippen LogP contribution >= 0.6 is 0 Å². The first-order valence-electron chi connectivity index (χ1n) is 10.8. The molecule has 2 aromatic carbocycles. The Balaban J connectivity index is 1.45. The second-order valence-corrected chi connectivity index (χ2v) is 8.07. The molecule has 0 fully saturated rings. The van der Waals surface area contributed by atoms with Crippen LogP contribution in [0.4, 0.5) is 4.79 Å². The molecule has 1 aliphatic carbocycles. The van der Waals surface area contributed by atoms with Crippen LogP contribution in [0.5, 0.6) is 0 Å². The maximum atomic E-state index is 12.4. The summed E-state index contributed by atoms with van der Waals surface area (Å²) in [6, 6.07) is 15.7. The number of esters is 1. The lowest BCUT2D eigenvalue weighted by atomic mass is 9.82. The van der Waals surface area contributed by atoms with Crippen LogP contribution in [-0.4, -0.2) is 41.6 Å². The van der Waals surface area contributed by atoms with Crippen molar-refractivity contribution in [3.63, 3.8) is 0 Å². The van der Waals surface area contributed by atoms with Gasteiger partial charge in [-0.15, -0.1) is 0 Å². The summed E-state index contributed by atoms with van der Waals surface area (Å²) in [6.45, 7) is -0.640. The van der Waals surface area contributed by atoms with E-state index in [0.717, 1.165) is 24.8 Å². The zero-order chi connectivity index (χ0) is 23.6. The average molecular weight is 453 g/mol. The predicted octanol–water partition coefficient (Wildman–Crippen LogP) is 3.06. The number of hydrogen-bond donors (Lipinski definition) is 2. The highest BCUT2D eigenvalue weighted by atomic mass is 16.5. The van der Waals surface area contributed by atoms with E-state index < -0.39 is 42.9 Å². The van der Waals surface area contributed by atoms with Crippen LogP contribution in [0, 0.1) is 5.92 Å². The van der Waals surface area contributed by atoms with Crippen molar-refractivity contribution in [2.75, 3.05) is 6.61 Å². The van der Waals surface area contributed by atoms with Gasteiger partial charge in [0.25, 0.3) is 0 Å². The van der Waals surface area contributed by atoms with Crippen LogP contribution in [0.15, 0.2) is 54.6 Å². The number of Topliss-reactive ketones (excluding diaryl/α,β-unsaturated/α-hetero) is 1. The zero-order valence-electron chi connectivity index (χ0n) is 18.2. The minimum atomic E-state index is -1.36. The number of carboxylic acids is 1. The second kappa shape index (κ2) is 11.8. The second-order valence-electron chi connectivity index (χ2n) is 8.07. The van der Waals surface area contributed by atoms with Crippen molar-refractivity contribution < 1.29 is 33.8 Å². The maximum Gasteiger partial charge on any atom is 0.408 e. The van der Waals surface area contributed by atoms with Crippen LogP contribution in [0.25, 0.3) is 0 Å².